The third-order valence-electron chi connectivity index (χ3n) is 4.78. The number of benzene rings is 2. The van der Waals surface area contributed by atoms with Crippen LogP contribution in [0.5, 0.6) is 11.5 Å². The van der Waals surface area contributed by atoms with Crippen molar-refractivity contribution in [1.29, 1.82) is 0 Å². The molecule has 2 heterocycles. The van der Waals surface area contributed by atoms with E-state index in [1.807, 2.05) is 12.1 Å². The van der Waals surface area contributed by atoms with Crippen LogP contribution in [0.25, 0.3) is 11.3 Å². The predicted octanol–water partition coefficient (Wildman–Crippen LogP) is 5.40. The van der Waals surface area contributed by atoms with E-state index in [0.29, 0.717) is 24.7 Å². The molecule has 1 aliphatic rings. The molecule has 0 amide bonds. The van der Waals surface area contributed by atoms with Gasteiger partial charge in [0.1, 0.15) is 0 Å². The minimum absolute atomic E-state index is 0.128. The average molecular weight is 436 g/mol. The van der Waals surface area contributed by atoms with Crippen molar-refractivity contribution >= 4 is 11.6 Å². The summed E-state index contributed by atoms with van der Waals surface area (Å²) in [5.41, 5.74) is -0.0902. The minimum atomic E-state index is -4.60. The van der Waals surface area contributed by atoms with Gasteiger partial charge in [-0.1, -0.05) is 35.9 Å². The number of alkyl halides is 3. The van der Waals surface area contributed by atoms with Gasteiger partial charge in [0.2, 0.25) is 0 Å². The number of para-hydroxylation sites is 1. The molecule has 156 valence electrons. The molecule has 1 aromatic heterocycles. The SMILES string of the molecule is O=c1ccn(Cc2cccc3c2OCCCO3)c(-c2cccc(C(F)(F)F)c2Cl)c1. The Morgan fingerprint density at radius 3 is 2.60 bits per heavy atom. The van der Waals surface area contributed by atoms with Crippen LogP contribution in [0, 0.1) is 0 Å². The van der Waals surface area contributed by atoms with Gasteiger partial charge >= 0.3 is 6.18 Å². The maximum Gasteiger partial charge on any atom is 0.417 e. The second kappa shape index (κ2) is 8.07. The van der Waals surface area contributed by atoms with Crippen molar-refractivity contribution < 1.29 is 22.6 Å². The molecular weight excluding hydrogens is 419 g/mol. The fourth-order valence-corrected chi connectivity index (χ4v) is 3.72. The fraction of sp³-hybridized carbons (Fsp3) is 0.227. The molecule has 0 saturated heterocycles. The first-order valence-corrected chi connectivity index (χ1v) is 9.66. The lowest BCUT2D eigenvalue weighted by molar-refractivity contribution is -0.137. The smallest absolute Gasteiger partial charge is 0.417 e. The van der Waals surface area contributed by atoms with E-state index in [-0.39, 0.29) is 23.2 Å². The molecule has 8 heteroatoms. The molecule has 3 aromatic rings. The van der Waals surface area contributed by atoms with E-state index in [2.05, 4.69) is 0 Å². The van der Waals surface area contributed by atoms with Gasteiger partial charge in [0.05, 0.1) is 36.0 Å². The highest BCUT2D eigenvalue weighted by Gasteiger charge is 2.34. The topological polar surface area (TPSA) is 40.5 Å². The molecule has 0 fully saturated rings. The Hall–Kier alpha value is -2.93. The average Bonchev–Trinajstić information content (AvgIpc) is 2.95. The lowest BCUT2D eigenvalue weighted by Gasteiger charge is -2.19. The van der Waals surface area contributed by atoms with Gasteiger partial charge in [-0.3, -0.25) is 4.79 Å². The van der Waals surface area contributed by atoms with Crippen LogP contribution in [0.15, 0.2) is 59.5 Å². The standard InChI is InChI=1S/C22H17ClF3NO3/c23-20-16(5-2-6-17(20)22(24,25)26)18-12-15(28)8-9-27(18)13-14-4-1-7-19-21(14)30-11-3-10-29-19/h1-2,4-9,12H,3,10-11,13H2. The molecule has 2 aromatic carbocycles. The number of pyridine rings is 1. The molecule has 0 atom stereocenters. The van der Waals surface area contributed by atoms with E-state index < -0.39 is 16.8 Å². The van der Waals surface area contributed by atoms with E-state index >= 15 is 0 Å². The molecule has 0 N–H and O–H groups in total. The number of aromatic nitrogens is 1. The maximum absolute atomic E-state index is 13.3. The van der Waals surface area contributed by atoms with Crippen molar-refractivity contribution in [2.45, 2.75) is 19.1 Å². The highest BCUT2D eigenvalue weighted by Crippen LogP contribution is 2.40. The summed E-state index contributed by atoms with van der Waals surface area (Å²) < 4.78 is 53.2. The number of halogens is 4. The summed E-state index contributed by atoms with van der Waals surface area (Å²) in [6.45, 7) is 1.30. The molecule has 0 spiro atoms. The van der Waals surface area contributed by atoms with Crippen molar-refractivity contribution in [3.63, 3.8) is 0 Å². The van der Waals surface area contributed by atoms with Crippen LogP contribution in [-0.4, -0.2) is 17.8 Å². The molecule has 0 aliphatic carbocycles. The predicted molar refractivity (Wildman–Crippen MR) is 107 cm³/mol. The zero-order valence-corrected chi connectivity index (χ0v) is 16.5. The van der Waals surface area contributed by atoms with E-state index in [1.54, 1.807) is 10.6 Å². The number of fused-ring (bicyclic) bond motifs is 1. The van der Waals surface area contributed by atoms with Gasteiger partial charge < -0.3 is 14.0 Å². The van der Waals surface area contributed by atoms with E-state index in [1.165, 1.54) is 30.5 Å². The number of rotatable bonds is 3. The van der Waals surface area contributed by atoms with Crippen molar-refractivity contribution in [1.82, 2.24) is 4.57 Å². The molecule has 0 bridgehead atoms. The first-order chi connectivity index (χ1) is 14.3. The van der Waals surface area contributed by atoms with Crippen LogP contribution in [-0.2, 0) is 12.7 Å². The van der Waals surface area contributed by atoms with E-state index in [4.69, 9.17) is 21.1 Å². The highest BCUT2D eigenvalue weighted by molar-refractivity contribution is 6.34. The number of hydrogen-bond donors (Lipinski definition) is 0. The van der Waals surface area contributed by atoms with Gasteiger partial charge in [-0.05, 0) is 12.1 Å². The molecule has 30 heavy (non-hydrogen) atoms. The third kappa shape index (κ3) is 4.03. The second-order valence-electron chi connectivity index (χ2n) is 6.84. The van der Waals surface area contributed by atoms with Crippen molar-refractivity contribution in [2.24, 2.45) is 0 Å². The Morgan fingerprint density at radius 1 is 1.03 bits per heavy atom. The molecule has 0 unspecified atom stereocenters. The van der Waals surface area contributed by atoms with Crippen LogP contribution in [0.3, 0.4) is 0 Å². The summed E-state index contributed by atoms with van der Waals surface area (Å²) in [7, 11) is 0. The zero-order valence-electron chi connectivity index (χ0n) is 15.7. The van der Waals surface area contributed by atoms with Crippen LogP contribution >= 0.6 is 11.6 Å². The van der Waals surface area contributed by atoms with Crippen LogP contribution in [0.1, 0.15) is 17.5 Å². The van der Waals surface area contributed by atoms with Crippen LogP contribution < -0.4 is 14.9 Å². The number of nitrogens with zero attached hydrogens (tertiary/aromatic N) is 1. The number of ether oxygens (including phenoxy) is 2. The Kier molecular flexibility index (Phi) is 5.47. The lowest BCUT2D eigenvalue weighted by atomic mass is 10.1. The molecule has 0 saturated carbocycles. The third-order valence-corrected chi connectivity index (χ3v) is 5.19. The summed E-state index contributed by atoms with van der Waals surface area (Å²) in [6, 6.07) is 11.8. The first kappa shape index (κ1) is 20.3. The van der Waals surface area contributed by atoms with Gasteiger partial charge in [-0.2, -0.15) is 13.2 Å². The van der Waals surface area contributed by atoms with E-state index in [0.717, 1.165) is 18.1 Å². The Bertz CT molecular complexity index is 1140. The van der Waals surface area contributed by atoms with Crippen molar-refractivity contribution in [2.75, 3.05) is 13.2 Å². The maximum atomic E-state index is 13.3. The van der Waals surface area contributed by atoms with Crippen LogP contribution in [0.4, 0.5) is 13.2 Å². The summed E-state index contributed by atoms with van der Waals surface area (Å²) in [6.07, 6.45) is -2.32. The fourth-order valence-electron chi connectivity index (χ4n) is 3.39. The molecular formula is C22H17ClF3NO3. The second-order valence-corrected chi connectivity index (χ2v) is 7.21. The van der Waals surface area contributed by atoms with E-state index in [9.17, 15) is 18.0 Å². The highest BCUT2D eigenvalue weighted by atomic mass is 35.5. The summed E-state index contributed by atoms with van der Waals surface area (Å²) in [5, 5.41) is -0.448. The summed E-state index contributed by atoms with van der Waals surface area (Å²) >= 11 is 6.11. The molecule has 0 radical (unpaired) electrons. The van der Waals surface area contributed by atoms with Gasteiger partial charge in [0.25, 0.3) is 0 Å². The normalized spacial score (nSPS) is 13.7. The molecule has 4 nitrogen and oxygen atoms in total. The Morgan fingerprint density at radius 2 is 1.80 bits per heavy atom. The van der Waals surface area contributed by atoms with Crippen LogP contribution in [0.2, 0.25) is 5.02 Å². The van der Waals surface area contributed by atoms with Crippen molar-refractivity contribution in [3.8, 4) is 22.8 Å². The minimum Gasteiger partial charge on any atom is -0.490 e. The van der Waals surface area contributed by atoms with Gasteiger partial charge in [-0.15, -0.1) is 0 Å². The van der Waals surface area contributed by atoms with Gasteiger partial charge in [0.15, 0.2) is 16.9 Å². The Balaban J connectivity index is 1.82. The summed E-state index contributed by atoms with van der Waals surface area (Å²) in [5.74, 6) is 1.21. The van der Waals surface area contributed by atoms with Gasteiger partial charge in [0, 0.05) is 35.9 Å². The summed E-state index contributed by atoms with van der Waals surface area (Å²) in [4.78, 5) is 12.0. The molecule has 1 aliphatic heterocycles. The lowest BCUT2D eigenvalue weighted by Crippen LogP contribution is -2.12. The monoisotopic (exact) mass is 435 g/mol. The molecule has 4 rings (SSSR count). The number of hydrogen-bond acceptors (Lipinski definition) is 3. The zero-order chi connectivity index (χ0) is 21.3. The quantitative estimate of drug-likeness (QED) is 0.553. The van der Waals surface area contributed by atoms with Crippen molar-refractivity contribution in [3.05, 3.63) is 81.1 Å². The Labute approximate surface area is 175 Å². The van der Waals surface area contributed by atoms with Gasteiger partial charge in [-0.25, -0.2) is 0 Å². The largest absolute Gasteiger partial charge is 0.490 e. The first-order valence-electron chi connectivity index (χ1n) is 9.28.